The summed E-state index contributed by atoms with van der Waals surface area (Å²) in [4.78, 5) is 28.7. The number of unbranched alkanes of at least 4 members (excludes halogenated alkanes) is 4. The lowest BCUT2D eigenvalue weighted by Crippen LogP contribution is -2.39. The van der Waals surface area contributed by atoms with E-state index < -0.39 is 5.54 Å². The average Bonchev–Trinajstić information content (AvgIpc) is 2.87. The van der Waals surface area contributed by atoms with E-state index in [0.717, 1.165) is 63.5 Å². The van der Waals surface area contributed by atoms with E-state index in [1.807, 2.05) is 37.3 Å². The summed E-state index contributed by atoms with van der Waals surface area (Å²) in [6.45, 7) is 15.0. The Morgan fingerprint density at radius 3 is 1.91 bits per heavy atom. The van der Waals surface area contributed by atoms with E-state index in [0.29, 0.717) is 5.84 Å². The first kappa shape index (κ1) is 32.8. The minimum absolute atomic E-state index is 0.0529. The molecule has 1 aromatic rings. The summed E-state index contributed by atoms with van der Waals surface area (Å²) in [7, 11) is 0. The largest absolute Gasteiger partial charge is 0.387 e. The molecule has 0 radical (unpaired) electrons. The fraction of sp³-hybridized carbons (Fsp3) is 0.700. The lowest BCUT2D eigenvalue weighted by Gasteiger charge is -2.29. The predicted molar refractivity (Wildman–Crippen MR) is 151 cm³/mol. The van der Waals surface area contributed by atoms with Gasteiger partial charge in [-0.25, -0.2) is 0 Å². The summed E-state index contributed by atoms with van der Waals surface area (Å²) in [6, 6.07) is 9.90. The first-order valence-corrected chi connectivity index (χ1v) is 13.9. The molecule has 5 heteroatoms. The van der Waals surface area contributed by atoms with Gasteiger partial charge in [-0.05, 0) is 45.1 Å². The molecular weight excluding hydrogens is 434 g/mol. The van der Waals surface area contributed by atoms with Crippen molar-refractivity contribution in [3.05, 3.63) is 35.9 Å². The quantitative estimate of drug-likeness (QED) is 0.147. The van der Waals surface area contributed by atoms with Crippen molar-refractivity contribution < 1.29 is 9.59 Å². The van der Waals surface area contributed by atoms with Crippen molar-refractivity contribution in [3.8, 4) is 0 Å². The van der Waals surface area contributed by atoms with Crippen LogP contribution in [0.4, 0.5) is 0 Å². The first-order valence-electron chi connectivity index (χ1n) is 13.9. The van der Waals surface area contributed by atoms with Gasteiger partial charge in [0.1, 0.15) is 5.54 Å². The minimum atomic E-state index is -0.570. The van der Waals surface area contributed by atoms with Crippen molar-refractivity contribution in [2.45, 2.75) is 124 Å². The highest BCUT2D eigenvalue weighted by Crippen LogP contribution is 2.28. The van der Waals surface area contributed by atoms with Gasteiger partial charge in [0.15, 0.2) is 5.78 Å². The Balaban J connectivity index is 0.000000669. The number of amides is 1. The number of nitrogens with two attached hydrogens (primary N) is 1. The second-order valence-electron chi connectivity index (χ2n) is 9.77. The molecule has 1 amide bonds. The van der Waals surface area contributed by atoms with Crippen molar-refractivity contribution in [1.29, 1.82) is 0 Å². The Labute approximate surface area is 215 Å². The zero-order valence-electron chi connectivity index (χ0n) is 23.7. The lowest BCUT2D eigenvalue weighted by atomic mass is 9.84. The fourth-order valence-corrected chi connectivity index (χ4v) is 3.81. The van der Waals surface area contributed by atoms with E-state index in [9.17, 15) is 9.59 Å². The zero-order valence-corrected chi connectivity index (χ0v) is 23.7. The van der Waals surface area contributed by atoms with Gasteiger partial charge in [-0.15, -0.1) is 0 Å². The molecule has 1 rings (SSSR count). The normalized spacial score (nSPS) is 13.4. The average molecular weight is 488 g/mol. The molecule has 0 bridgehead atoms. The highest BCUT2D eigenvalue weighted by molar-refractivity contribution is 5.91. The monoisotopic (exact) mass is 487 g/mol. The third-order valence-electron chi connectivity index (χ3n) is 6.78. The third-order valence-corrected chi connectivity index (χ3v) is 6.78. The highest BCUT2D eigenvalue weighted by Gasteiger charge is 2.34. The topological polar surface area (TPSA) is 84.5 Å². The Hall–Kier alpha value is -2.17. The predicted octanol–water partition coefficient (Wildman–Crippen LogP) is 7.19. The molecule has 2 unspecified atom stereocenters. The van der Waals surface area contributed by atoms with Crippen LogP contribution in [0.25, 0.3) is 0 Å². The molecule has 0 heterocycles. The summed E-state index contributed by atoms with van der Waals surface area (Å²) in [5.74, 6) is 1.14. The van der Waals surface area contributed by atoms with Crippen LogP contribution in [0.15, 0.2) is 35.3 Å². The molecule has 0 aromatic heterocycles. The van der Waals surface area contributed by atoms with Crippen LogP contribution < -0.4 is 11.1 Å². The number of carbonyl (C=O) groups is 2. The SMILES string of the molecule is CCCCC(CCCC)(N=C(N)C(C)CC)C(C)=O.CCCCCNC(=O)C(C)c1ccccc1. The molecule has 0 saturated carbocycles. The smallest absolute Gasteiger partial charge is 0.227 e. The molecule has 2 atom stereocenters. The molecule has 1 aromatic carbocycles. The van der Waals surface area contributed by atoms with Gasteiger partial charge in [0, 0.05) is 12.5 Å². The van der Waals surface area contributed by atoms with Crippen molar-refractivity contribution >= 4 is 17.5 Å². The summed E-state index contributed by atoms with van der Waals surface area (Å²) < 4.78 is 0. The van der Waals surface area contributed by atoms with E-state index in [2.05, 4.69) is 39.9 Å². The second kappa shape index (κ2) is 19.1. The van der Waals surface area contributed by atoms with Gasteiger partial charge in [-0.1, -0.05) is 103 Å². The van der Waals surface area contributed by atoms with Crippen molar-refractivity contribution in [2.24, 2.45) is 16.6 Å². The third kappa shape index (κ3) is 12.9. The number of carbonyl (C=O) groups excluding carboxylic acids is 2. The van der Waals surface area contributed by atoms with Gasteiger partial charge in [0.25, 0.3) is 0 Å². The number of nitrogens with zero attached hydrogens (tertiary/aromatic N) is 1. The van der Waals surface area contributed by atoms with Crippen LogP contribution >= 0.6 is 0 Å². The molecule has 0 aliphatic heterocycles. The van der Waals surface area contributed by atoms with Crippen LogP contribution in [0.3, 0.4) is 0 Å². The van der Waals surface area contributed by atoms with Gasteiger partial charge in [-0.3, -0.25) is 14.6 Å². The van der Waals surface area contributed by atoms with Crippen LogP contribution in [0.2, 0.25) is 0 Å². The standard InChI is InChI=1S/C16H32N2O.C14H21NO/c1-6-9-11-16(14(5)19,12-10-7-2)18-15(17)13(4)8-3;1-3-4-8-11-15-14(16)12(2)13-9-6-5-7-10-13/h13H,6-12H2,1-5H3,(H2,17,18);5-7,9-10,12H,3-4,8,11H2,1-2H3,(H,15,16). The molecule has 5 nitrogen and oxygen atoms in total. The summed E-state index contributed by atoms with van der Waals surface area (Å²) >= 11 is 0. The summed E-state index contributed by atoms with van der Waals surface area (Å²) in [6.07, 6.45) is 10.3. The Morgan fingerprint density at radius 2 is 1.46 bits per heavy atom. The number of hydrogen-bond donors (Lipinski definition) is 2. The van der Waals surface area contributed by atoms with Crippen molar-refractivity contribution in [2.75, 3.05) is 6.54 Å². The molecule has 0 aliphatic carbocycles. The van der Waals surface area contributed by atoms with E-state index in [1.54, 1.807) is 6.92 Å². The second-order valence-corrected chi connectivity index (χ2v) is 9.77. The van der Waals surface area contributed by atoms with Gasteiger partial charge in [0.2, 0.25) is 5.91 Å². The molecule has 3 N–H and O–H groups in total. The maximum atomic E-state index is 12.2. The molecule has 35 heavy (non-hydrogen) atoms. The van der Waals surface area contributed by atoms with Crippen molar-refractivity contribution in [1.82, 2.24) is 5.32 Å². The summed E-state index contributed by atoms with van der Waals surface area (Å²) in [5.41, 5.74) is 6.60. The molecule has 0 spiro atoms. The van der Waals surface area contributed by atoms with Crippen LogP contribution in [-0.2, 0) is 9.59 Å². The highest BCUT2D eigenvalue weighted by atomic mass is 16.1. The lowest BCUT2D eigenvalue weighted by molar-refractivity contribution is -0.123. The van der Waals surface area contributed by atoms with E-state index >= 15 is 0 Å². The van der Waals surface area contributed by atoms with E-state index in [4.69, 9.17) is 10.7 Å². The Bertz CT molecular complexity index is 722. The molecular formula is C30H53N3O2. The number of Topliss-reactive ketones (excluding diaryl/α,β-unsaturated/α-hetero) is 1. The number of nitrogens with one attached hydrogen (secondary N) is 1. The van der Waals surface area contributed by atoms with Gasteiger partial charge >= 0.3 is 0 Å². The van der Waals surface area contributed by atoms with Crippen molar-refractivity contribution in [3.63, 3.8) is 0 Å². The number of aliphatic imine (C=N–C) groups is 1. The fourth-order valence-electron chi connectivity index (χ4n) is 3.81. The van der Waals surface area contributed by atoms with Crippen LogP contribution in [0.1, 0.15) is 124 Å². The number of rotatable bonds is 16. The van der Waals surface area contributed by atoms with E-state index in [-0.39, 0.29) is 23.5 Å². The van der Waals surface area contributed by atoms with Crippen LogP contribution in [0, 0.1) is 5.92 Å². The molecule has 0 saturated heterocycles. The molecule has 0 fully saturated rings. The number of amidine groups is 1. The number of benzene rings is 1. The molecule has 0 aliphatic rings. The molecule has 200 valence electrons. The van der Waals surface area contributed by atoms with Crippen LogP contribution in [0.5, 0.6) is 0 Å². The first-order chi connectivity index (χ1) is 16.7. The maximum absolute atomic E-state index is 12.2. The number of ketones is 1. The van der Waals surface area contributed by atoms with Gasteiger partial charge < -0.3 is 11.1 Å². The Morgan fingerprint density at radius 1 is 0.914 bits per heavy atom. The van der Waals surface area contributed by atoms with E-state index in [1.165, 1.54) is 12.8 Å². The van der Waals surface area contributed by atoms with Gasteiger partial charge in [0.05, 0.1) is 11.8 Å². The maximum Gasteiger partial charge on any atom is 0.227 e. The Kier molecular flexibility index (Phi) is 17.9. The van der Waals surface area contributed by atoms with Gasteiger partial charge in [-0.2, -0.15) is 0 Å². The zero-order chi connectivity index (χ0) is 26.7. The summed E-state index contributed by atoms with van der Waals surface area (Å²) in [5, 5.41) is 2.98. The minimum Gasteiger partial charge on any atom is -0.387 e. The van der Waals surface area contributed by atoms with Crippen LogP contribution in [-0.4, -0.2) is 29.6 Å². The number of hydrogen-bond acceptors (Lipinski definition) is 3.